The molecule has 0 heterocycles. The van der Waals surface area contributed by atoms with Gasteiger partial charge in [0.15, 0.2) is 0 Å². The van der Waals surface area contributed by atoms with E-state index in [1.54, 1.807) is 0 Å². The number of amides is 1. The van der Waals surface area contributed by atoms with E-state index in [1.165, 1.54) is 25.7 Å². The molecule has 2 N–H and O–H groups in total. The topological polar surface area (TPSA) is 41.1 Å². The van der Waals surface area contributed by atoms with Crippen molar-refractivity contribution >= 4 is 5.91 Å². The van der Waals surface area contributed by atoms with Gasteiger partial charge in [0.25, 0.3) is 0 Å². The Morgan fingerprint density at radius 1 is 1.11 bits per heavy atom. The third-order valence-corrected chi connectivity index (χ3v) is 3.76. The van der Waals surface area contributed by atoms with Crippen LogP contribution in [0.15, 0.2) is 0 Å². The lowest BCUT2D eigenvalue weighted by molar-refractivity contribution is -0.121. The lowest BCUT2D eigenvalue weighted by Gasteiger charge is -2.23. The van der Waals surface area contributed by atoms with Crippen molar-refractivity contribution in [3.05, 3.63) is 0 Å². The second kappa shape index (κ2) is 8.52. The number of rotatable bonds is 7. The molecule has 1 unspecified atom stereocenters. The fourth-order valence-corrected chi connectivity index (χ4v) is 2.48. The molecule has 1 saturated carbocycles. The first-order valence-corrected chi connectivity index (χ1v) is 7.60. The van der Waals surface area contributed by atoms with Crippen LogP contribution in [-0.4, -0.2) is 24.5 Å². The standard InChI is InChI=1S/C15H30N2O/c1-12(2)9-10-13(3)16-11-15(18)17-14-7-5-4-6-8-14/h12-14,16H,4-11H2,1-3H3,(H,17,18). The van der Waals surface area contributed by atoms with Crippen molar-refractivity contribution < 1.29 is 4.79 Å². The highest BCUT2D eigenvalue weighted by atomic mass is 16.1. The Balaban J connectivity index is 2.08. The van der Waals surface area contributed by atoms with E-state index in [-0.39, 0.29) is 5.91 Å². The number of hydrogen-bond acceptors (Lipinski definition) is 2. The molecule has 1 amide bonds. The molecule has 1 aliphatic carbocycles. The Morgan fingerprint density at radius 3 is 2.39 bits per heavy atom. The maximum absolute atomic E-state index is 11.8. The summed E-state index contributed by atoms with van der Waals surface area (Å²) in [6.45, 7) is 7.11. The second-order valence-corrected chi connectivity index (χ2v) is 6.16. The van der Waals surface area contributed by atoms with E-state index in [0.29, 0.717) is 18.6 Å². The fraction of sp³-hybridized carbons (Fsp3) is 0.933. The molecule has 0 aliphatic heterocycles. The van der Waals surface area contributed by atoms with Gasteiger partial charge < -0.3 is 10.6 Å². The largest absolute Gasteiger partial charge is 0.352 e. The number of hydrogen-bond donors (Lipinski definition) is 2. The predicted molar refractivity (Wildman–Crippen MR) is 76.6 cm³/mol. The quantitative estimate of drug-likeness (QED) is 0.733. The third kappa shape index (κ3) is 7.00. The molecule has 0 aromatic rings. The van der Waals surface area contributed by atoms with Crippen molar-refractivity contribution in [2.75, 3.05) is 6.54 Å². The maximum Gasteiger partial charge on any atom is 0.234 e. The van der Waals surface area contributed by atoms with E-state index >= 15 is 0 Å². The van der Waals surface area contributed by atoms with Crippen LogP contribution in [0.5, 0.6) is 0 Å². The zero-order valence-corrected chi connectivity index (χ0v) is 12.3. The molecule has 3 heteroatoms. The molecule has 0 aromatic carbocycles. The van der Waals surface area contributed by atoms with Gasteiger partial charge in [-0.1, -0.05) is 33.1 Å². The molecule has 0 aromatic heterocycles. The fourth-order valence-electron chi connectivity index (χ4n) is 2.48. The minimum Gasteiger partial charge on any atom is -0.352 e. The first-order valence-electron chi connectivity index (χ1n) is 7.60. The van der Waals surface area contributed by atoms with E-state index < -0.39 is 0 Å². The van der Waals surface area contributed by atoms with Gasteiger partial charge in [0.1, 0.15) is 0 Å². The Hall–Kier alpha value is -0.570. The van der Waals surface area contributed by atoms with Gasteiger partial charge in [-0.05, 0) is 38.5 Å². The monoisotopic (exact) mass is 254 g/mol. The average Bonchev–Trinajstić information content (AvgIpc) is 2.35. The molecule has 3 nitrogen and oxygen atoms in total. The van der Waals surface area contributed by atoms with Crippen LogP contribution in [0.1, 0.15) is 65.7 Å². The van der Waals surface area contributed by atoms with Crippen LogP contribution in [0.25, 0.3) is 0 Å². The maximum atomic E-state index is 11.8. The Kier molecular flexibility index (Phi) is 7.33. The van der Waals surface area contributed by atoms with Crippen LogP contribution >= 0.6 is 0 Å². The highest BCUT2D eigenvalue weighted by Gasteiger charge is 2.15. The molecule has 1 fully saturated rings. The van der Waals surface area contributed by atoms with E-state index in [1.807, 2.05) is 0 Å². The average molecular weight is 254 g/mol. The zero-order valence-electron chi connectivity index (χ0n) is 12.3. The first kappa shape index (κ1) is 15.5. The molecule has 1 rings (SSSR count). The van der Waals surface area contributed by atoms with Gasteiger partial charge in [-0.2, -0.15) is 0 Å². The van der Waals surface area contributed by atoms with Crippen molar-refractivity contribution in [2.24, 2.45) is 5.92 Å². The van der Waals surface area contributed by atoms with Gasteiger partial charge in [0.2, 0.25) is 5.91 Å². The Morgan fingerprint density at radius 2 is 1.78 bits per heavy atom. The summed E-state index contributed by atoms with van der Waals surface area (Å²) in [5.74, 6) is 0.906. The van der Waals surface area contributed by atoms with Crippen LogP contribution in [-0.2, 0) is 4.79 Å². The van der Waals surface area contributed by atoms with E-state index in [2.05, 4.69) is 31.4 Å². The normalized spacial score (nSPS) is 18.9. The Bertz CT molecular complexity index is 235. The van der Waals surface area contributed by atoms with E-state index in [9.17, 15) is 4.79 Å². The summed E-state index contributed by atoms with van der Waals surface area (Å²) >= 11 is 0. The first-order chi connectivity index (χ1) is 8.58. The lowest BCUT2D eigenvalue weighted by atomic mass is 9.95. The Labute approximate surface area is 112 Å². The molecule has 1 aliphatic rings. The van der Waals surface area contributed by atoms with E-state index in [4.69, 9.17) is 0 Å². The highest BCUT2D eigenvalue weighted by molar-refractivity contribution is 5.78. The van der Waals surface area contributed by atoms with Gasteiger partial charge in [-0.15, -0.1) is 0 Å². The van der Waals surface area contributed by atoms with Crippen molar-refractivity contribution in [1.29, 1.82) is 0 Å². The van der Waals surface area contributed by atoms with E-state index in [0.717, 1.165) is 25.2 Å². The number of carbonyl (C=O) groups excluding carboxylic acids is 1. The summed E-state index contributed by atoms with van der Waals surface area (Å²) in [6, 6.07) is 0.864. The van der Waals surface area contributed by atoms with Crippen LogP contribution in [0.4, 0.5) is 0 Å². The SMILES string of the molecule is CC(C)CCC(C)NCC(=O)NC1CCCCC1. The van der Waals surface area contributed by atoms with Crippen molar-refractivity contribution in [1.82, 2.24) is 10.6 Å². The molecule has 0 spiro atoms. The smallest absolute Gasteiger partial charge is 0.234 e. The molecule has 106 valence electrons. The van der Waals surface area contributed by atoms with Gasteiger partial charge in [-0.3, -0.25) is 4.79 Å². The minimum absolute atomic E-state index is 0.165. The molecular weight excluding hydrogens is 224 g/mol. The molecule has 18 heavy (non-hydrogen) atoms. The summed E-state index contributed by atoms with van der Waals surface area (Å²) in [6.07, 6.45) is 8.55. The van der Waals surface area contributed by atoms with Crippen LogP contribution in [0.2, 0.25) is 0 Å². The summed E-state index contributed by atoms with van der Waals surface area (Å²) in [7, 11) is 0. The van der Waals surface area contributed by atoms with Gasteiger partial charge in [0, 0.05) is 12.1 Å². The third-order valence-electron chi connectivity index (χ3n) is 3.76. The summed E-state index contributed by atoms with van der Waals surface area (Å²) < 4.78 is 0. The van der Waals surface area contributed by atoms with Crippen molar-refractivity contribution in [3.63, 3.8) is 0 Å². The zero-order chi connectivity index (χ0) is 13.4. The molecule has 1 atom stereocenters. The summed E-state index contributed by atoms with van der Waals surface area (Å²) in [5.41, 5.74) is 0. The lowest BCUT2D eigenvalue weighted by Crippen LogP contribution is -2.43. The van der Waals surface area contributed by atoms with Crippen LogP contribution < -0.4 is 10.6 Å². The minimum atomic E-state index is 0.165. The summed E-state index contributed by atoms with van der Waals surface area (Å²) in [5, 5.41) is 6.45. The molecule has 0 bridgehead atoms. The molecular formula is C15H30N2O. The predicted octanol–water partition coefficient (Wildman–Crippen LogP) is 2.85. The van der Waals surface area contributed by atoms with Gasteiger partial charge in [-0.25, -0.2) is 0 Å². The molecule has 0 saturated heterocycles. The molecule has 0 radical (unpaired) electrons. The van der Waals surface area contributed by atoms with Crippen LogP contribution in [0.3, 0.4) is 0 Å². The number of nitrogens with one attached hydrogen (secondary N) is 2. The van der Waals surface area contributed by atoms with Crippen molar-refractivity contribution in [2.45, 2.75) is 77.8 Å². The highest BCUT2D eigenvalue weighted by Crippen LogP contribution is 2.17. The van der Waals surface area contributed by atoms with Gasteiger partial charge >= 0.3 is 0 Å². The van der Waals surface area contributed by atoms with Gasteiger partial charge in [0.05, 0.1) is 6.54 Å². The van der Waals surface area contributed by atoms with Crippen LogP contribution in [0, 0.1) is 5.92 Å². The number of carbonyl (C=O) groups is 1. The second-order valence-electron chi connectivity index (χ2n) is 6.16. The summed E-state index contributed by atoms with van der Waals surface area (Å²) in [4.78, 5) is 11.8. The van der Waals surface area contributed by atoms with Crippen molar-refractivity contribution in [3.8, 4) is 0 Å².